The van der Waals surface area contributed by atoms with Gasteiger partial charge in [0.1, 0.15) is 0 Å². The third-order valence-electron chi connectivity index (χ3n) is 7.96. The molecule has 1 fully saturated rings. The van der Waals surface area contributed by atoms with Crippen LogP contribution in [-0.2, 0) is 10.2 Å². The molecular weight excluding hydrogens is 392 g/mol. The van der Waals surface area contributed by atoms with Crippen molar-refractivity contribution in [2.24, 2.45) is 17.8 Å². The highest BCUT2D eigenvalue weighted by Gasteiger charge is 2.46. The zero-order valence-electron chi connectivity index (χ0n) is 20.2. The summed E-state index contributed by atoms with van der Waals surface area (Å²) in [5.41, 5.74) is 1.55. The van der Waals surface area contributed by atoms with Crippen LogP contribution < -0.4 is 0 Å². The number of rotatable bonds is 13. The molecule has 176 valence electrons. The van der Waals surface area contributed by atoms with E-state index in [-0.39, 0.29) is 11.3 Å². The Labute approximate surface area is 196 Å². The van der Waals surface area contributed by atoms with E-state index in [1.807, 2.05) is 0 Å². The fraction of sp³-hybridized carbons (Fsp3) is 0.633. The van der Waals surface area contributed by atoms with Crippen LogP contribution in [0, 0.1) is 17.8 Å². The number of unbranched alkanes of at least 4 members (excludes halogenated alkanes) is 5. The van der Waals surface area contributed by atoms with Crippen molar-refractivity contribution in [2.75, 3.05) is 0 Å². The molecule has 0 aliphatic heterocycles. The minimum Gasteiger partial charge on any atom is -0.481 e. The Hall–Kier alpha value is -1.83. The van der Waals surface area contributed by atoms with Crippen molar-refractivity contribution in [2.45, 2.75) is 102 Å². The van der Waals surface area contributed by atoms with Gasteiger partial charge in [-0.25, -0.2) is 0 Å². The molecule has 0 bridgehead atoms. The van der Waals surface area contributed by atoms with E-state index in [0.717, 1.165) is 12.8 Å². The molecule has 1 N–H and O–H groups in total. The van der Waals surface area contributed by atoms with Gasteiger partial charge < -0.3 is 5.11 Å². The van der Waals surface area contributed by atoms with Crippen LogP contribution in [0.1, 0.15) is 102 Å². The second-order valence-corrected chi connectivity index (χ2v) is 10.2. The maximum absolute atomic E-state index is 11.8. The van der Waals surface area contributed by atoms with Crippen LogP contribution in [0.25, 0.3) is 0 Å². The van der Waals surface area contributed by atoms with E-state index in [4.69, 9.17) is 0 Å². The van der Waals surface area contributed by atoms with Gasteiger partial charge >= 0.3 is 5.97 Å². The van der Waals surface area contributed by atoms with Crippen molar-refractivity contribution in [3.05, 3.63) is 60.2 Å². The maximum atomic E-state index is 11.8. The molecule has 3 rings (SSSR count). The Balaban J connectivity index is 1.59. The summed E-state index contributed by atoms with van der Waals surface area (Å²) in [7, 11) is 0. The van der Waals surface area contributed by atoms with Gasteiger partial charge in [-0.05, 0) is 74.7 Å². The minimum absolute atomic E-state index is 0.128. The van der Waals surface area contributed by atoms with Crippen molar-refractivity contribution < 1.29 is 9.90 Å². The summed E-state index contributed by atoms with van der Waals surface area (Å²) in [6.07, 6.45) is 25.9. The fourth-order valence-electron chi connectivity index (χ4n) is 6.35. The molecule has 0 saturated heterocycles. The van der Waals surface area contributed by atoms with Crippen LogP contribution in [-0.4, -0.2) is 11.1 Å². The Kier molecular flexibility index (Phi) is 10.1. The first-order valence-corrected chi connectivity index (χ1v) is 13.3. The van der Waals surface area contributed by atoms with E-state index in [1.54, 1.807) is 0 Å². The second kappa shape index (κ2) is 13.0. The lowest BCUT2D eigenvalue weighted by atomic mass is 9.60. The normalized spacial score (nSPS) is 24.8. The monoisotopic (exact) mass is 436 g/mol. The first-order chi connectivity index (χ1) is 15.7. The van der Waals surface area contributed by atoms with E-state index in [1.165, 1.54) is 76.2 Å². The van der Waals surface area contributed by atoms with Gasteiger partial charge in [0.25, 0.3) is 0 Å². The lowest BCUT2D eigenvalue weighted by Gasteiger charge is -2.44. The number of carboxylic acid groups (broad SMARTS) is 1. The molecule has 1 aromatic rings. The predicted octanol–water partition coefficient (Wildman–Crippen LogP) is 8.48. The molecular formula is C30H44O2. The zero-order valence-corrected chi connectivity index (χ0v) is 20.2. The summed E-state index contributed by atoms with van der Waals surface area (Å²) in [4.78, 5) is 11.8. The molecule has 1 saturated carbocycles. The van der Waals surface area contributed by atoms with Crippen molar-refractivity contribution in [3.63, 3.8) is 0 Å². The topological polar surface area (TPSA) is 37.3 Å². The van der Waals surface area contributed by atoms with Crippen LogP contribution in [0.2, 0.25) is 0 Å². The molecule has 2 aliphatic carbocycles. The average molecular weight is 437 g/mol. The zero-order chi connectivity index (χ0) is 22.7. The van der Waals surface area contributed by atoms with Gasteiger partial charge in [0.05, 0.1) is 0 Å². The van der Waals surface area contributed by atoms with Crippen LogP contribution >= 0.6 is 0 Å². The summed E-state index contributed by atoms with van der Waals surface area (Å²) >= 11 is 0. The van der Waals surface area contributed by atoms with Gasteiger partial charge in [0.2, 0.25) is 0 Å². The van der Waals surface area contributed by atoms with E-state index in [2.05, 4.69) is 61.6 Å². The number of allylic oxidation sites excluding steroid dienone is 4. The molecule has 0 unspecified atom stereocenters. The van der Waals surface area contributed by atoms with Gasteiger partial charge in [0, 0.05) is 11.8 Å². The Morgan fingerprint density at radius 2 is 1.72 bits per heavy atom. The van der Waals surface area contributed by atoms with Gasteiger partial charge in [0.15, 0.2) is 0 Å². The molecule has 0 aromatic heterocycles. The molecule has 1 aromatic carbocycles. The number of hydrogen-bond acceptors (Lipinski definition) is 1. The van der Waals surface area contributed by atoms with Gasteiger partial charge in [-0.15, -0.1) is 0 Å². The fourth-order valence-corrected chi connectivity index (χ4v) is 6.35. The molecule has 0 heterocycles. The van der Waals surface area contributed by atoms with Crippen LogP contribution in [0.5, 0.6) is 0 Å². The highest BCUT2D eigenvalue weighted by Crippen LogP contribution is 2.53. The van der Waals surface area contributed by atoms with Gasteiger partial charge in [-0.3, -0.25) is 4.79 Å². The lowest BCUT2D eigenvalue weighted by Crippen LogP contribution is -2.39. The molecule has 0 amide bonds. The van der Waals surface area contributed by atoms with Gasteiger partial charge in [-0.2, -0.15) is 0 Å². The Morgan fingerprint density at radius 1 is 1.00 bits per heavy atom. The molecule has 0 spiro atoms. The Bertz CT molecular complexity index is 726. The third-order valence-corrected chi connectivity index (χ3v) is 7.96. The summed E-state index contributed by atoms with van der Waals surface area (Å²) < 4.78 is 0. The molecule has 0 radical (unpaired) electrons. The summed E-state index contributed by atoms with van der Waals surface area (Å²) in [6.45, 7) is 2.26. The average Bonchev–Trinajstić information content (AvgIpc) is 3.29. The van der Waals surface area contributed by atoms with E-state index < -0.39 is 5.97 Å². The predicted molar refractivity (Wildman–Crippen MR) is 135 cm³/mol. The first kappa shape index (κ1) is 24.8. The van der Waals surface area contributed by atoms with Crippen molar-refractivity contribution >= 4 is 5.97 Å². The molecule has 3 atom stereocenters. The van der Waals surface area contributed by atoms with Crippen LogP contribution in [0.3, 0.4) is 0 Å². The largest absolute Gasteiger partial charge is 0.481 e. The highest BCUT2D eigenvalue weighted by atomic mass is 16.4. The smallest absolute Gasteiger partial charge is 0.303 e. The summed E-state index contributed by atoms with van der Waals surface area (Å²) in [5.74, 6) is 0.488. The Morgan fingerprint density at radius 3 is 2.41 bits per heavy atom. The van der Waals surface area contributed by atoms with Crippen molar-refractivity contribution in [3.8, 4) is 0 Å². The maximum Gasteiger partial charge on any atom is 0.303 e. The number of carboxylic acids is 1. The number of aliphatic carboxylic acids is 1. The third kappa shape index (κ3) is 6.83. The standard InChI is InChI=1S/C30H44O2/c1-2-3-4-5-6-7-8-9-11-16-25-19-20-28(26(23-25)24-29(31)32)30(21-14-15-22-30)27-17-12-10-13-18-27/h7-8,10,12-13,17-20,25-26,28H,2-6,9,11,14-16,21-24H2,1H3,(H,31,32)/b8-7-/t25-,26+,28-/m1/s1. The first-order valence-electron chi connectivity index (χ1n) is 13.3. The second-order valence-electron chi connectivity index (χ2n) is 10.2. The molecule has 2 heteroatoms. The van der Waals surface area contributed by atoms with Crippen LogP contribution in [0.4, 0.5) is 0 Å². The summed E-state index contributed by atoms with van der Waals surface area (Å²) in [6, 6.07) is 10.9. The van der Waals surface area contributed by atoms with E-state index in [9.17, 15) is 9.90 Å². The number of carbonyl (C=O) groups is 1. The van der Waals surface area contributed by atoms with Gasteiger partial charge in [-0.1, -0.05) is 93.7 Å². The van der Waals surface area contributed by atoms with E-state index >= 15 is 0 Å². The number of benzene rings is 1. The van der Waals surface area contributed by atoms with Crippen LogP contribution in [0.15, 0.2) is 54.6 Å². The lowest BCUT2D eigenvalue weighted by molar-refractivity contribution is -0.138. The highest BCUT2D eigenvalue weighted by molar-refractivity contribution is 5.67. The molecule has 2 nitrogen and oxygen atoms in total. The molecule has 32 heavy (non-hydrogen) atoms. The number of hydrogen-bond donors (Lipinski definition) is 1. The van der Waals surface area contributed by atoms with Crippen molar-refractivity contribution in [1.82, 2.24) is 0 Å². The minimum atomic E-state index is -0.638. The molecule has 2 aliphatic rings. The van der Waals surface area contributed by atoms with E-state index in [0.29, 0.717) is 18.3 Å². The van der Waals surface area contributed by atoms with Crippen molar-refractivity contribution in [1.29, 1.82) is 0 Å². The SMILES string of the molecule is CCCCCC/C=C\CCC[C@@H]1C=C[C@@H](C2(c3ccccc3)CCCC2)[C@H](CC(=O)O)C1. The quantitative estimate of drug-likeness (QED) is 0.249. The summed E-state index contributed by atoms with van der Waals surface area (Å²) in [5, 5.41) is 9.68.